The highest BCUT2D eigenvalue weighted by Crippen LogP contribution is 2.61. The molecule has 1 heterocycles. The van der Waals surface area contributed by atoms with Gasteiger partial charge in [-0.15, -0.1) is 0 Å². The van der Waals surface area contributed by atoms with Crippen LogP contribution in [0.15, 0.2) is 36.5 Å². The summed E-state index contributed by atoms with van der Waals surface area (Å²) in [5, 5.41) is 4.23. The van der Waals surface area contributed by atoms with E-state index in [2.05, 4.69) is 10.3 Å². The van der Waals surface area contributed by atoms with Crippen LogP contribution in [0.1, 0.15) is 44.9 Å². The molecule has 0 spiro atoms. The first-order valence-electron chi connectivity index (χ1n) is 9.33. The van der Waals surface area contributed by atoms with E-state index in [1.54, 1.807) is 6.20 Å². The van der Waals surface area contributed by atoms with Crippen LogP contribution in [0, 0.1) is 23.2 Å². The molecule has 3 nitrogen and oxygen atoms in total. The topological polar surface area (TPSA) is 42.0 Å². The van der Waals surface area contributed by atoms with Gasteiger partial charge in [0.25, 0.3) is 0 Å². The zero-order valence-corrected chi connectivity index (χ0v) is 14.0. The number of anilines is 1. The number of hydrogen-bond acceptors (Lipinski definition) is 2. The summed E-state index contributed by atoms with van der Waals surface area (Å²) in [6.07, 6.45) is 10.6. The molecule has 0 saturated heterocycles. The summed E-state index contributed by atoms with van der Waals surface area (Å²) in [5.41, 5.74) is 2.03. The van der Waals surface area contributed by atoms with Crippen molar-refractivity contribution in [3.05, 3.63) is 36.5 Å². The Morgan fingerprint density at radius 2 is 1.71 bits per heavy atom. The van der Waals surface area contributed by atoms with Crippen molar-refractivity contribution in [3.63, 3.8) is 0 Å². The third-order valence-corrected chi connectivity index (χ3v) is 6.61. The molecule has 1 aromatic heterocycles. The molecule has 4 fully saturated rings. The maximum atomic E-state index is 12.8. The van der Waals surface area contributed by atoms with Crippen molar-refractivity contribution < 1.29 is 4.79 Å². The van der Waals surface area contributed by atoms with E-state index >= 15 is 0 Å². The molecule has 0 atom stereocenters. The van der Waals surface area contributed by atoms with Crippen LogP contribution in [0.4, 0.5) is 5.69 Å². The van der Waals surface area contributed by atoms with E-state index in [0.29, 0.717) is 6.42 Å². The molecule has 1 amide bonds. The predicted molar refractivity (Wildman–Crippen MR) is 95.6 cm³/mol. The molecule has 0 aliphatic heterocycles. The molecule has 0 unspecified atom stereocenters. The van der Waals surface area contributed by atoms with E-state index in [1.807, 2.05) is 30.3 Å². The highest BCUT2D eigenvalue weighted by atomic mass is 16.1. The second-order valence-electron chi connectivity index (χ2n) is 8.52. The van der Waals surface area contributed by atoms with Crippen LogP contribution in [0.2, 0.25) is 0 Å². The highest BCUT2D eigenvalue weighted by molar-refractivity contribution is 6.00. The average Bonchev–Trinajstić information content (AvgIpc) is 2.53. The smallest absolute Gasteiger partial charge is 0.224 e. The highest BCUT2D eigenvalue weighted by Gasteiger charge is 2.51. The summed E-state index contributed by atoms with van der Waals surface area (Å²) in [6, 6.07) is 9.97. The Kier molecular flexibility index (Phi) is 3.19. The molecule has 6 rings (SSSR count). The first-order valence-corrected chi connectivity index (χ1v) is 9.33. The molecule has 4 bridgehead atoms. The maximum absolute atomic E-state index is 12.8. The fourth-order valence-corrected chi connectivity index (χ4v) is 6.25. The van der Waals surface area contributed by atoms with E-state index in [4.69, 9.17) is 0 Å². The van der Waals surface area contributed by atoms with Crippen LogP contribution in [0.5, 0.6) is 0 Å². The van der Waals surface area contributed by atoms with E-state index < -0.39 is 0 Å². The Hall–Kier alpha value is -1.90. The summed E-state index contributed by atoms with van der Waals surface area (Å²) in [4.78, 5) is 17.2. The van der Waals surface area contributed by atoms with Gasteiger partial charge in [-0.05, 0) is 73.8 Å². The number of carbonyl (C=O) groups is 1. The first-order chi connectivity index (χ1) is 11.7. The van der Waals surface area contributed by atoms with Gasteiger partial charge in [0.1, 0.15) is 0 Å². The summed E-state index contributed by atoms with van der Waals surface area (Å²) in [5.74, 6) is 2.85. The molecule has 0 radical (unpaired) electrons. The Morgan fingerprint density at radius 1 is 1.04 bits per heavy atom. The molecule has 4 aliphatic rings. The van der Waals surface area contributed by atoms with Crippen LogP contribution in [0.3, 0.4) is 0 Å². The zero-order chi connectivity index (χ0) is 16.1. The van der Waals surface area contributed by atoms with E-state index in [0.717, 1.165) is 34.3 Å². The molecule has 24 heavy (non-hydrogen) atoms. The van der Waals surface area contributed by atoms with Crippen LogP contribution in [-0.2, 0) is 4.79 Å². The van der Waals surface area contributed by atoms with Crippen molar-refractivity contribution in [2.75, 3.05) is 5.32 Å². The molecule has 4 aliphatic carbocycles. The van der Waals surface area contributed by atoms with Crippen molar-refractivity contribution in [3.8, 4) is 0 Å². The number of amides is 1. The Labute approximate surface area is 142 Å². The van der Waals surface area contributed by atoms with Crippen LogP contribution >= 0.6 is 0 Å². The third-order valence-electron chi connectivity index (χ3n) is 6.61. The van der Waals surface area contributed by atoms with Gasteiger partial charge >= 0.3 is 0 Å². The minimum absolute atomic E-state index is 0.176. The number of nitrogens with one attached hydrogen (secondary N) is 1. The van der Waals surface area contributed by atoms with Crippen molar-refractivity contribution in [1.82, 2.24) is 4.98 Å². The largest absolute Gasteiger partial charge is 0.324 e. The number of nitrogens with zero attached hydrogens (tertiary/aromatic N) is 1. The number of para-hydroxylation sites is 1. The lowest BCUT2D eigenvalue weighted by Gasteiger charge is -2.56. The number of hydrogen-bond donors (Lipinski definition) is 1. The van der Waals surface area contributed by atoms with Gasteiger partial charge in [-0.1, -0.05) is 18.2 Å². The first kappa shape index (κ1) is 14.4. The lowest BCUT2D eigenvalue weighted by atomic mass is 9.49. The van der Waals surface area contributed by atoms with Gasteiger partial charge in [0, 0.05) is 18.0 Å². The SMILES string of the molecule is O=C(CC12CC3CC(CC(C3)C1)C2)Nc1cccc2cccnc12. The van der Waals surface area contributed by atoms with Crippen LogP contribution in [0.25, 0.3) is 10.9 Å². The molecule has 3 heteroatoms. The lowest BCUT2D eigenvalue weighted by Crippen LogP contribution is -2.47. The molecular formula is C21H24N2O. The molecule has 4 saturated carbocycles. The summed E-state index contributed by atoms with van der Waals surface area (Å²) in [6.45, 7) is 0. The van der Waals surface area contributed by atoms with Crippen molar-refractivity contribution >= 4 is 22.5 Å². The number of carbonyl (C=O) groups excluding carboxylic acids is 1. The molecular weight excluding hydrogens is 296 g/mol. The number of benzene rings is 1. The minimum Gasteiger partial charge on any atom is -0.324 e. The van der Waals surface area contributed by atoms with Gasteiger partial charge in [-0.2, -0.15) is 0 Å². The quantitative estimate of drug-likeness (QED) is 0.884. The summed E-state index contributed by atoms with van der Waals surface area (Å²) in [7, 11) is 0. The van der Waals surface area contributed by atoms with Crippen molar-refractivity contribution in [2.24, 2.45) is 23.2 Å². The molecule has 1 aromatic carbocycles. The predicted octanol–water partition coefficient (Wildman–Crippen LogP) is 4.78. The molecule has 124 valence electrons. The van der Waals surface area contributed by atoms with Gasteiger partial charge in [0.2, 0.25) is 5.91 Å². The lowest BCUT2D eigenvalue weighted by molar-refractivity contribution is -0.124. The van der Waals surface area contributed by atoms with E-state index in [9.17, 15) is 4.79 Å². The van der Waals surface area contributed by atoms with Crippen molar-refractivity contribution in [2.45, 2.75) is 44.9 Å². The third kappa shape index (κ3) is 2.42. The second kappa shape index (κ2) is 5.30. The van der Waals surface area contributed by atoms with Gasteiger partial charge in [0.15, 0.2) is 0 Å². The van der Waals surface area contributed by atoms with E-state index in [-0.39, 0.29) is 11.3 Å². The van der Waals surface area contributed by atoms with Gasteiger partial charge in [0.05, 0.1) is 11.2 Å². The van der Waals surface area contributed by atoms with Crippen LogP contribution in [-0.4, -0.2) is 10.9 Å². The Bertz CT molecular complexity index is 757. The van der Waals surface area contributed by atoms with Gasteiger partial charge < -0.3 is 5.32 Å². The van der Waals surface area contributed by atoms with E-state index in [1.165, 1.54) is 38.5 Å². The number of fused-ring (bicyclic) bond motifs is 1. The fraction of sp³-hybridized carbons (Fsp3) is 0.524. The normalized spacial score (nSPS) is 33.8. The summed E-state index contributed by atoms with van der Waals surface area (Å²) < 4.78 is 0. The number of rotatable bonds is 3. The molecule has 1 N–H and O–H groups in total. The zero-order valence-electron chi connectivity index (χ0n) is 14.0. The average molecular weight is 320 g/mol. The maximum Gasteiger partial charge on any atom is 0.224 e. The van der Waals surface area contributed by atoms with Gasteiger partial charge in [-0.3, -0.25) is 9.78 Å². The minimum atomic E-state index is 0.176. The van der Waals surface area contributed by atoms with Gasteiger partial charge in [-0.25, -0.2) is 0 Å². The number of aromatic nitrogens is 1. The standard InChI is InChI=1S/C21H24N2O/c24-19(23-18-5-1-3-17-4-2-6-22-20(17)18)13-21-10-14-7-15(11-21)9-16(8-14)12-21/h1-6,14-16H,7-13H2,(H,23,24). The Balaban J connectivity index is 1.36. The second-order valence-corrected chi connectivity index (χ2v) is 8.52. The van der Waals surface area contributed by atoms with Crippen molar-refractivity contribution in [1.29, 1.82) is 0 Å². The van der Waals surface area contributed by atoms with Crippen LogP contribution < -0.4 is 5.32 Å². The monoisotopic (exact) mass is 320 g/mol. The fourth-order valence-electron chi connectivity index (χ4n) is 6.25. The Morgan fingerprint density at radius 3 is 2.42 bits per heavy atom. The molecule has 2 aromatic rings. The summed E-state index contributed by atoms with van der Waals surface area (Å²) >= 11 is 0. The number of pyridine rings is 1.